The Morgan fingerprint density at radius 1 is 0.500 bits per heavy atom. The molecule has 6 rings (SSSR count). The van der Waals surface area contributed by atoms with Gasteiger partial charge in [0.15, 0.2) is 0 Å². The van der Waals surface area contributed by atoms with Crippen molar-refractivity contribution in [3.05, 3.63) is 120 Å². The molecule has 0 spiro atoms. The molecular formula is C30H19ClO. The van der Waals surface area contributed by atoms with E-state index in [9.17, 15) is 0 Å². The van der Waals surface area contributed by atoms with Crippen LogP contribution in [-0.4, -0.2) is 0 Å². The molecule has 0 aliphatic rings. The molecule has 0 radical (unpaired) electrons. The second kappa shape index (κ2) is 7.71. The maximum absolute atomic E-state index is 6.49. The second-order valence-corrected chi connectivity index (χ2v) is 8.33. The molecule has 0 aliphatic heterocycles. The van der Waals surface area contributed by atoms with Crippen LogP contribution in [0, 0.1) is 0 Å². The first kappa shape index (κ1) is 18.9. The average molecular weight is 431 g/mol. The Balaban J connectivity index is 1.85. The molecular weight excluding hydrogens is 412 g/mol. The number of hydrogen-bond acceptors (Lipinski definition) is 1. The van der Waals surface area contributed by atoms with Gasteiger partial charge in [0.2, 0.25) is 0 Å². The fourth-order valence-electron chi connectivity index (χ4n) is 4.53. The summed E-state index contributed by atoms with van der Waals surface area (Å²) in [6.45, 7) is 0. The van der Waals surface area contributed by atoms with Crippen LogP contribution in [0.25, 0.3) is 55.3 Å². The van der Waals surface area contributed by atoms with Gasteiger partial charge in [0, 0.05) is 26.9 Å². The zero-order chi connectivity index (χ0) is 21.5. The van der Waals surface area contributed by atoms with Gasteiger partial charge in [-0.15, -0.1) is 0 Å². The molecule has 0 atom stereocenters. The van der Waals surface area contributed by atoms with Crippen molar-refractivity contribution in [3.8, 4) is 33.4 Å². The summed E-state index contributed by atoms with van der Waals surface area (Å²) >= 11 is 6.45. The number of furan rings is 1. The van der Waals surface area contributed by atoms with Crippen molar-refractivity contribution in [1.82, 2.24) is 0 Å². The van der Waals surface area contributed by atoms with Crippen LogP contribution in [-0.2, 0) is 0 Å². The Bertz CT molecular complexity index is 1560. The molecule has 1 aromatic heterocycles. The number of benzene rings is 5. The van der Waals surface area contributed by atoms with E-state index in [1.807, 2.05) is 42.5 Å². The maximum Gasteiger partial charge on any atom is 0.143 e. The molecule has 2 heteroatoms. The Morgan fingerprint density at radius 3 is 1.91 bits per heavy atom. The highest BCUT2D eigenvalue weighted by molar-refractivity contribution is 6.31. The number of halogens is 1. The highest BCUT2D eigenvalue weighted by atomic mass is 35.5. The molecule has 0 unspecified atom stereocenters. The summed E-state index contributed by atoms with van der Waals surface area (Å²) in [5.74, 6) is 0. The predicted octanol–water partition coefficient (Wildman–Crippen LogP) is 9.24. The van der Waals surface area contributed by atoms with Crippen LogP contribution in [0.4, 0.5) is 0 Å². The van der Waals surface area contributed by atoms with Gasteiger partial charge in [-0.3, -0.25) is 0 Å². The highest BCUT2D eigenvalue weighted by Crippen LogP contribution is 2.47. The molecule has 5 aromatic carbocycles. The van der Waals surface area contributed by atoms with Gasteiger partial charge in [-0.05, 0) is 46.5 Å². The zero-order valence-electron chi connectivity index (χ0n) is 17.3. The van der Waals surface area contributed by atoms with Gasteiger partial charge in [0.25, 0.3) is 0 Å². The van der Waals surface area contributed by atoms with Gasteiger partial charge in [-0.25, -0.2) is 0 Å². The molecule has 0 aliphatic carbocycles. The minimum atomic E-state index is 0.713. The van der Waals surface area contributed by atoms with Gasteiger partial charge in [-0.1, -0.05) is 103 Å². The number of fused-ring (bicyclic) bond motifs is 3. The van der Waals surface area contributed by atoms with E-state index in [0.717, 1.165) is 55.3 Å². The van der Waals surface area contributed by atoms with Gasteiger partial charge < -0.3 is 4.42 Å². The fourth-order valence-corrected chi connectivity index (χ4v) is 4.72. The lowest BCUT2D eigenvalue weighted by Crippen LogP contribution is -1.92. The molecule has 0 amide bonds. The van der Waals surface area contributed by atoms with E-state index in [-0.39, 0.29) is 0 Å². The molecule has 0 fully saturated rings. The van der Waals surface area contributed by atoms with Gasteiger partial charge in [-0.2, -0.15) is 0 Å². The Kier molecular flexibility index (Phi) is 4.56. The first-order valence-corrected chi connectivity index (χ1v) is 11.0. The summed E-state index contributed by atoms with van der Waals surface area (Å²) in [6.07, 6.45) is 0. The molecule has 1 nitrogen and oxygen atoms in total. The van der Waals surface area contributed by atoms with E-state index < -0.39 is 0 Å². The quantitative estimate of drug-likeness (QED) is 0.272. The topological polar surface area (TPSA) is 13.1 Å². The van der Waals surface area contributed by atoms with E-state index >= 15 is 0 Å². The van der Waals surface area contributed by atoms with Crippen LogP contribution in [0.5, 0.6) is 0 Å². The van der Waals surface area contributed by atoms with Crippen LogP contribution in [0.15, 0.2) is 120 Å². The molecule has 6 aromatic rings. The van der Waals surface area contributed by atoms with Gasteiger partial charge in [0.05, 0.1) is 0 Å². The van der Waals surface area contributed by atoms with E-state index in [1.54, 1.807) is 0 Å². The molecule has 1 heterocycles. The SMILES string of the molecule is Clc1cccc(-c2c(-c3ccccc3)cc3c(oc4ccccc43)c2-c2ccccc2)c1. The monoisotopic (exact) mass is 430 g/mol. The van der Waals surface area contributed by atoms with E-state index in [2.05, 4.69) is 72.8 Å². The lowest BCUT2D eigenvalue weighted by atomic mass is 9.86. The summed E-state index contributed by atoms with van der Waals surface area (Å²) in [5.41, 5.74) is 8.49. The van der Waals surface area contributed by atoms with Crippen molar-refractivity contribution in [2.45, 2.75) is 0 Å². The van der Waals surface area contributed by atoms with Crippen LogP contribution < -0.4 is 0 Å². The summed E-state index contributed by atoms with van der Waals surface area (Å²) in [5, 5.41) is 2.95. The molecule has 0 bridgehead atoms. The smallest absolute Gasteiger partial charge is 0.143 e. The van der Waals surface area contributed by atoms with Gasteiger partial charge >= 0.3 is 0 Å². The number of para-hydroxylation sites is 1. The fraction of sp³-hybridized carbons (Fsp3) is 0. The molecule has 0 saturated heterocycles. The lowest BCUT2D eigenvalue weighted by molar-refractivity contribution is 0.670. The minimum absolute atomic E-state index is 0.713. The van der Waals surface area contributed by atoms with E-state index in [1.165, 1.54) is 0 Å². The Labute approximate surface area is 191 Å². The number of hydrogen-bond donors (Lipinski definition) is 0. The summed E-state index contributed by atoms with van der Waals surface area (Å²) < 4.78 is 6.49. The Morgan fingerprint density at radius 2 is 1.16 bits per heavy atom. The summed E-state index contributed by atoms with van der Waals surface area (Å²) in [7, 11) is 0. The van der Waals surface area contributed by atoms with Crippen molar-refractivity contribution in [3.63, 3.8) is 0 Å². The minimum Gasteiger partial charge on any atom is -0.455 e. The second-order valence-electron chi connectivity index (χ2n) is 7.89. The van der Waals surface area contributed by atoms with Crippen molar-refractivity contribution in [2.24, 2.45) is 0 Å². The third kappa shape index (κ3) is 3.10. The van der Waals surface area contributed by atoms with Crippen molar-refractivity contribution >= 4 is 33.5 Å². The third-order valence-electron chi connectivity index (χ3n) is 5.93. The van der Waals surface area contributed by atoms with Crippen LogP contribution in [0.3, 0.4) is 0 Å². The molecule has 0 saturated carbocycles. The zero-order valence-corrected chi connectivity index (χ0v) is 18.0. The highest BCUT2D eigenvalue weighted by Gasteiger charge is 2.22. The molecule has 152 valence electrons. The standard InChI is InChI=1S/C30H19ClO/c31-23-15-9-14-22(18-23)28-25(20-10-3-1-4-11-20)19-26-24-16-7-8-17-27(24)32-30(26)29(28)21-12-5-2-6-13-21/h1-19H. The van der Waals surface area contributed by atoms with Crippen molar-refractivity contribution in [1.29, 1.82) is 0 Å². The summed E-state index contributed by atoms with van der Waals surface area (Å²) in [6, 6.07) is 39.6. The first-order valence-electron chi connectivity index (χ1n) is 10.6. The van der Waals surface area contributed by atoms with Crippen LogP contribution >= 0.6 is 11.6 Å². The lowest BCUT2D eigenvalue weighted by Gasteiger charge is -2.17. The summed E-state index contributed by atoms with van der Waals surface area (Å²) in [4.78, 5) is 0. The third-order valence-corrected chi connectivity index (χ3v) is 6.16. The largest absolute Gasteiger partial charge is 0.455 e. The van der Waals surface area contributed by atoms with E-state index in [0.29, 0.717) is 5.02 Å². The van der Waals surface area contributed by atoms with Crippen LogP contribution in [0.2, 0.25) is 5.02 Å². The van der Waals surface area contributed by atoms with E-state index in [4.69, 9.17) is 16.0 Å². The molecule has 0 N–H and O–H groups in total. The Hall–Kier alpha value is -3.81. The predicted molar refractivity (Wildman–Crippen MR) is 135 cm³/mol. The van der Waals surface area contributed by atoms with Crippen molar-refractivity contribution < 1.29 is 4.42 Å². The first-order chi connectivity index (χ1) is 15.8. The van der Waals surface area contributed by atoms with Crippen molar-refractivity contribution in [2.75, 3.05) is 0 Å². The molecule has 32 heavy (non-hydrogen) atoms. The normalized spacial score (nSPS) is 11.3. The van der Waals surface area contributed by atoms with Crippen LogP contribution in [0.1, 0.15) is 0 Å². The number of rotatable bonds is 3. The maximum atomic E-state index is 6.49. The average Bonchev–Trinajstić information content (AvgIpc) is 3.22. The van der Waals surface area contributed by atoms with Gasteiger partial charge in [0.1, 0.15) is 11.2 Å².